The maximum Gasteiger partial charge on any atom is 0.178 e. The number of allylic oxidation sites excluding steroid dienone is 6. The zero-order chi connectivity index (χ0) is 20.6. The van der Waals surface area contributed by atoms with Gasteiger partial charge in [-0.1, -0.05) is 18.6 Å². The molecular formula is C22H25ClF2O3. The average molecular weight is 411 g/mol. The van der Waals surface area contributed by atoms with Crippen molar-refractivity contribution in [3.63, 3.8) is 0 Å². The summed E-state index contributed by atoms with van der Waals surface area (Å²) in [6, 6.07) is 0. The van der Waals surface area contributed by atoms with Crippen molar-refractivity contribution in [2.24, 2.45) is 22.7 Å². The molecular weight excluding hydrogens is 386 g/mol. The fourth-order valence-corrected chi connectivity index (χ4v) is 6.89. The molecule has 4 rings (SSSR count). The lowest BCUT2D eigenvalue weighted by molar-refractivity contribution is -0.192. The topological polar surface area (TPSA) is 54.4 Å². The third-order valence-electron chi connectivity index (χ3n) is 7.94. The molecule has 0 aromatic rings. The van der Waals surface area contributed by atoms with E-state index in [1.807, 2.05) is 13.8 Å². The Morgan fingerprint density at radius 3 is 2.68 bits per heavy atom. The summed E-state index contributed by atoms with van der Waals surface area (Å²) in [4.78, 5) is 24.3. The van der Waals surface area contributed by atoms with E-state index < -0.39 is 34.7 Å². The minimum absolute atomic E-state index is 0.0710. The summed E-state index contributed by atoms with van der Waals surface area (Å²) in [6.07, 6.45) is 1.48. The van der Waals surface area contributed by atoms with Gasteiger partial charge in [-0.05, 0) is 56.8 Å². The summed E-state index contributed by atoms with van der Waals surface area (Å²) < 4.78 is 32.0. The molecule has 2 unspecified atom stereocenters. The second-order valence-corrected chi connectivity index (χ2v) is 9.54. The quantitative estimate of drug-likeness (QED) is 0.699. The molecule has 0 amide bonds. The highest BCUT2D eigenvalue weighted by atomic mass is 35.5. The summed E-state index contributed by atoms with van der Waals surface area (Å²) >= 11 is 5.81. The number of aliphatic hydroxyl groups excluding tert-OH is 1. The number of ketones is 2. The fraction of sp³-hybridized carbons (Fsp3) is 0.636. The van der Waals surface area contributed by atoms with E-state index in [1.54, 1.807) is 6.92 Å². The van der Waals surface area contributed by atoms with Crippen molar-refractivity contribution in [1.82, 2.24) is 0 Å². The molecule has 6 heteroatoms. The van der Waals surface area contributed by atoms with Crippen LogP contribution in [0.5, 0.6) is 0 Å². The first kappa shape index (κ1) is 20.0. The molecule has 2 saturated carbocycles. The Labute approximate surface area is 168 Å². The number of hydrogen-bond donors (Lipinski definition) is 1. The molecule has 0 aliphatic heterocycles. The van der Waals surface area contributed by atoms with Gasteiger partial charge in [-0.25, -0.2) is 8.78 Å². The van der Waals surface area contributed by atoms with E-state index in [2.05, 4.69) is 0 Å². The molecule has 0 aromatic carbocycles. The van der Waals surface area contributed by atoms with Crippen LogP contribution < -0.4 is 0 Å². The third-order valence-corrected chi connectivity index (χ3v) is 8.19. The zero-order valence-electron chi connectivity index (χ0n) is 16.3. The van der Waals surface area contributed by atoms with Gasteiger partial charge in [0, 0.05) is 22.3 Å². The summed E-state index contributed by atoms with van der Waals surface area (Å²) in [6.45, 7) is 5.29. The normalized spacial score (nSPS) is 47.4. The van der Waals surface area contributed by atoms with E-state index in [4.69, 9.17) is 11.6 Å². The van der Waals surface area contributed by atoms with Crippen LogP contribution >= 0.6 is 11.6 Å². The van der Waals surface area contributed by atoms with Crippen LogP contribution in [0.15, 0.2) is 34.9 Å². The number of hydrogen-bond acceptors (Lipinski definition) is 3. The molecule has 0 saturated heterocycles. The Kier molecular flexibility index (Phi) is 4.34. The van der Waals surface area contributed by atoms with Crippen molar-refractivity contribution in [2.75, 3.05) is 5.88 Å². The molecule has 0 heterocycles. The molecule has 0 spiro atoms. The number of Topliss-reactive ketones (excluding diaryl/α,β-unsaturated/α-hetero) is 1. The van der Waals surface area contributed by atoms with Crippen LogP contribution in [-0.2, 0) is 9.59 Å². The van der Waals surface area contributed by atoms with Gasteiger partial charge < -0.3 is 5.11 Å². The predicted molar refractivity (Wildman–Crippen MR) is 102 cm³/mol. The Bertz CT molecular complexity index is 862. The monoisotopic (exact) mass is 410 g/mol. The number of rotatable bonds is 2. The number of aliphatic hydroxyl groups is 1. The van der Waals surface area contributed by atoms with Gasteiger partial charge in [-0.2, -0.15) is 0 Å². The molecule has 4 aliphatic rings. The highest BCUT2D eigenvalue weighted by Crippen LogP contribution is 2.68. The minimum Gasteiger partial charge on any atom is -0.390 e. The van der Waals surface area contributed by atoms with Gasteiger partial charge in [0.25, 0.3) is 0 Å². The Hall–Kier alpha value is -1.33. The number of fused-ring (bicyclic) bond motifs is 5. The van der Waals surface area contributed by atoms with Crippen molar-refractivity contribution in [3.05, 3.63) is 34.9 Å². The predicted octanol–water partition coefficient (Wildman–Crippen LogP) is 4.04. The molecule has 152 valence electrons. The molecule has 2 fully saturated rings. The first-order valence-electron chi connectivity index (χ1n) is 9.76. The highest BCUT2D eigenvalue weighted by Gasteiger charge is 2.71. The molecule has 0 bridgehead atoms. The maximum atomic E-state index is 16.8. The lowest BCUT2D eigenvalue weighted by atomic mass is 9.45. The van der Waals surface area contributed by atoms with Gasteiger partial charge in [0.05, 0.1) is 12.0 Å². The van der Waals surface area contributed by atoms with E-state index in [9.17, 15) is 14.7 Å². The molecule has 4 aliphatic carbocycles. The van der Waals surface area contributed by atoms with Gasteiger partial charge in [0.1, 0.15) is 6.17 Å². The lowest BCUT2D eigenvalue weighted by Crippen LogP contribution is -2.68. The largest absolute Gasteiger partial charge is 0.390 e. The van der Waals surface area contributed by atoms with Crippen molar-refractivity contribution in [3.8, 4) is 0 Å². The minimum atomic E-state index is -2.11. The van der Waals surface area contributed by atoms with Gasteiger partial charge >= 0.3 is 0 Å². The van der Waals surface area contributed by atoms with Crippen molar-refractivity contribution in [1.29, 1.82) is 0 Å². The molecule has 7 atom stereocenters. The van der Waals surface area contributed by atoms with E-state index in [0.29, 0.717) is 12.0 Å². The van der Waals surface area contributed by atoms with Gasteiger partial charge in [-0.3, -0.25) is 9.59 Å². The van der Waals surface area contributed by atoms with Crippen molar-refractivity contribution >= 4 is 23.2 Å². The maximum absolute atomic E-state index is 16.8. The van der Waals surface area contributed by atoms with Crippen LogP contribution in [0, 0.1) is 22.7 Å². The molecule has 0 radical (unpaired) electrons. The number of alkyl halides is 3. The van der Waals surface area contributed by atoms with Gasteiger partial charge in [-0.15, -0.1) is 11.6 Å². The second kappa shape index (κ2) is 6.09. The molecule has 1 N–H and O–H groups in total. The summed E-state index contributed by atoms with van der Waals surface area (Å²) in [5, 5.41) is 11.1. The van der Waals surface area contributed by atoms with Crippen LogP contribution in [0.2, 0.25) is 0 Å². The van der Waals surface area contributed by atoms with Crippen molar-refractivity contribution in [2.45, 2.75) is 58.0 Å². The van der Waals surface area contributed by atoms with Gasteiger partial charge in [0.15, 0.2) is 17.2 Å². The van der Waals surface area contributed by atoms with E-state index in [-0.39, 0.29) is 41.8 Å². The number of carbonyl (C=O) groups excluding carboxylic acids is 2. The summed E-state index contributed by atoms with van der Waals surface area (Å²) in [7, 11) is 0. The lowest BCUT2D eigenvalue weighted by Gasteiger charge is -2.62. The first-order chi connectivity index (χ1) is 13.0. The highest BCUT2D eigenvalue weighted by molar-refractivity contribution is 6.30. The van der Waals surface area contributed by atoms with Crippen LogP contribution in [-0.4, -0.2) is 40.5 Å². The standard InChI is InChI=1S/C22H25ClF2O3/c1-11-6-13-14-8-16(24)15-7-12(26)4-5-21(15,3)22(14,25)18(28)9-20(13,2)19(11)17(27)10-23/h4-5,7,13-14,16,18,28H,6,8-10H2,1-3H3/t13?,14?,16-,18-,20-,21-,22-/m0/s1. The van der Waals surface area contributed by atoms with E-state index in [1.165, 1.54) is 18.2 Å². The van der Waals surface area contributed by atoms with Crippen LogP contribution in [0.25, 0.3) is 0 Å². The molecule has 3 nitrogen and oxygen atoms in total. The second-order valence-electron chi connectivity index (χ2n) is 9.28. The van der Waals surface area contributed by atoms with E-state index in [0.717, 1.165) is 5.57 Å². The SMILES string of the molecule is CC1=C(C(=O)CCl)[C@@]2(C)C[C@H](O)[C@@]3(F)C(C[C@H](F)C4=CC(=O)C=C[C@@]43C)C2C1. The molecule has 0 aromatic heterocycles. The van der Waals surface area contributed by atoms with Crippen LogP contribution in [0.4, 0.5) is 8.78 Å². The summed E-state index contributed by atoms with van der Waals surface area (Å²) in [5.41, 5.74) is -2.70. The fourth-order valence-electron chi connectivity index (χ4n) is 6.76. The zero-order valence-corrected chi connectivity index (χ0v) is 17.0. The number of carbonyl (C=O) groups is 2. The van der Waals surface area contributed by atoms with Crippen molar-refractivity contribution < 1.29 is 23.5 Å². The smallest absolute Gasteiger partial charge is 0.178 e. The average Bonchev–Trinajstić information content (AvgIpc) is 2.89. The Morgan fingerprint density at radius 2 is 2.04 bits per heavy atom. The van der Waals surface area contributed by atoms with Crippen LogP contribution in [0.3, 0.4) is 0 Å². The van der Waals surface area contributed by atoms with Gasteiger partial charge in [0.2, 0.25) is 0 Å². The Balaban J connectivity index is 1.85. The summed E-state index contributed by atoms with van der Waals surface area (Å²) in [5.74, 6) is -1.80. The Morgan fingerprint density at radius 1 is 1.36 bits per heavy atom. The third kappa shape index (κ3) is 2.23. The van der Waals surface area contributed by atoms with E-state index >= 15 is 8.78 Å². The number of halogens is 3. The molecule has 28 heavy (non-hydrogen) atoms. The first-order valence-corrected chi connectivity index (χ1v) is 10.3. The van der Waals surface area contributed by atoms with Crippen LogP contribution in [0.1, 0.15) is 40.0 Å².